The normalized spacial score (nSPS) is 9.80. The van der Waals surface area contributed by atoms with E-state index < -0.39 is 0 Å². The summed E-state index contributed by atoms with van der Waals surface area (Å²) in [5, 5.41) is 8.43. The van der Waals surface area contributed by atoms with Gasteiger partial charge in [0, 0.05) is 18.4 Å². The number of hydrogen-bond donors (Lipinski definition) is 0. The van der Waals surface area contributed by atoms with Gasteiger partial charge in [0.15, 0.2) is 11.7 Å². The van der Waals surface area contributed by atoms with Crippen LogP contribution in [0.2, 0.25) is 0 Å². The van der Waals surface area contributed by atoms with Crippen LogP contribution in [0.3, 0.4) is 0 Å². The zero-order valence-corrected chi connectivity index (χ0v) is 8.18. The van der Waals surface area contributed by atoms with Gasteiger partial charge in [-0.05, 0) is 0 Å². The van der Waals surface area contributed by atoms with Crippen molar-refractivity contribution in [1.29, 1.82) is 5.26 Å². The summed E-state index contributed by atoms with van der Waals surface area (Å²) in [5.74, 6) is 1.37. The molecule has 0 fully saturated rings. The van der Waals surface area contributed by atoms with Crippen LogP contribution in [0.15, 0.2) is 40.9 Å². The first kappa shape index (κ1) is 9.47. The number of benzene rings is 1. The lowest BCUT2D eigenvalue weighted by Crippen LogP contribution is -1.80. The lowest BCUT2D eigenvalue weighted by Gasteiger charge is -1.93. The first-order valence-corrected chi connectivity index (χ1v) is 4.77. The molecule has 3 heteroatoms. The van der Waals surface area contributed by atoms with E-state index in [-0.39, 0.29) is 0 Å². The maximum absolute atomic E-state index is 8.43. The molecule has 0 bridgehead atoms. The lowest BCUT2D eigenvalue weighted by molar-refractivity contribution is 0.508. The lowest BCUT2D eigenvalue weighted by atomic mass is 10.2. The molecule has 0 amide bonds. The second kappa shape index (κ2) is 4.43. The Labute approximate surface area is 88.0 Å². The largest absolute Gasteiger partial charge is 0.441 e. The Morgan fingerprint density at radius 3 is 2.80 bits per heavy atom. The van der Waals surface area contributed by atoms with Crippen LogP contribution in [-0.4, -0.2) is 4.98 Å². The standard InChI is InChI=1S/C12H10N2O/c13-8-4-7-12-14-9-11(15-12)10-5-2-1-3-6-10/h1-3,5-6,9H,4,7H2. The zero-order chi connectivity index (χ0) is 10.5. The van der Waals surface area contributed by atoms with E-state index in [1.165, 1.54) is 0 Å². The molecule has 15 heavy (non-hydrogen) atoms. The summed E-state index contributed by atoms with van der Waals surface area (Å²) in [4.78, 5) is 4.11. The number of nitrogens with zero attached hydrogens (tertiary/aromatic N) is 2. The smallest absolute Gasteiger partial charge is 0.195 e. The highest BCUT2D eigenvalue weighted by atomic mass is 16.4. The third-order valence-corrected chi connectivity index (χ3v) is 2.06. The number of aromatic nitrogens is 1. The van der Waals surface area contributed by atoms with Crippen molar-refractivity contribution < 1.29 is 4.42 Å². The van der Waals surface area contributed by atoms with E-state index in [0.717, 1.165) is 11.3 Å². The first-order valence-electron chi connectivity index (χ1n) is 4.77. The quantitative estimate of drug-likeness (QED) is 0.761. The molecule has 3 nitrogen and oxygen atoms in total. The van der Waals surface area contributed by atoms with Crippen molar-refractivity contribution in [2.24, 2.45) is 0 Å². The van der Waals surface area contributed by atoms with E-state index >= 15 is 0 Å². The van der Waals surface area contributed by atoms with Crippen LogP contribution in [0.5, 0.6) is 0 Å². The average Bonchev–Trinajstić information content (AvgIpc) is 2.76. The SMILES string of the molecule is N#CCCc1ncc(-c2ccccc2)o1. The summed E-state index contributed by atoms with van der Waals surface area (Å²) < 4.78 is 5.51. The molecular formula is C12H10N2O. The van der Waals surface area contributed by atoms with Gasteiger partial charge in [0.25, 0.3) is 0 Å². The monoisotopic (exact) mass is 198 g/mol. The van der Waals surface area contributed by atoms with E-state index in [1.54, 1.807) is 6.20 Å². The summed E-state index contributed by atoms with van der Waals surface area (Å²) in [5.41, 5.74) is 1.01. The summed E-state index contributed by atoms with van der Waals surface area (Å²) >= 11 is 0. The fourth-order valence-corrected chi connectivity index (χ4v) is 1.32. The number of rotatable bonds is 3. The van der Waals surface area contributed by atoms with E-state index in [9.17, 15) is 0 Å². The highest BCUT2D eigenvalue weighted by molar-refractivity contribution is 5.55. The maximum Gasteiger partial charge on any atom is 0.195 e. The Bertz CT molecular complexity index is 468. The number of nitriles is 1. The molecule has 1 aromatic carbocycles. The van der Waals surface area contributed by atoms with Gasteiger partial charge in [-0.25, -0.2) is 4.98 Å². The molecule has 0 radical (unpaired) electrons. The highest BCUT2D eigenvalue weighted by Gasteiger charge is 2.04. The van der Waals surface area contributed by atoms with Crippen LogP contribution in [0.1, 0.15) is 12.3 Å². The maximum atomic E-state index is 8.43. The third-order valence-electron chi connectivity index (χ3n) is 2.06. The van der Waals surface area contributed by atoms with Gasteiger partial charge in [-0.3, -0.25) is 0 Å². The third kappa shape index (κ3) is 2.23. The van der Waals surface area contributed by atoms with Crippen molar-refractivity contribution >= 4 is 0 Å². The predicted octanol–water partition coefficient (Wildman–Crippen LogP) is 2.80. The molecule has 0 aliphatic rings. The molecular weight excluding hydrogens is 188 g/mol. The van der Waals surface area contributed by atoms with Crippen LogP contribution in [0.25, 0.3) is 11.3 Å². The Morgan fingerprint density at radius 2 is 2.07 bits per heavy atom. The Morgan fingerprint density at radius 1 is 1.27 bits per heavy atom. The second-order valence-corrected chi connectivity index (χ2v) is 3.14. The fraction of sp³-hybridized carbons (Fsp3) is 0.167. The summed E-state index contributed by atoms with van der Waals surface area (Å²) in [6.07, 6.45) is 2.71. The highest BCUT2D eigenvalue weighted by Crippen LogP contribution is 2.19. The van der Waals surface area contributed by atoms with E-state index in [0.29, 0.717) is 18.7 Å². The predicted molar refractivity (Wildman–Crippen MR) is 55.9 cm³/mol. The van der Waals surface area contributed by atoms with Gasteiger partial charge in [-0.15, -0.1) is 0 Å². The molecule has 2 rings (SSSR count). The summed E-state index contributed by atoms with van der Waals surface area (Å²) in [6, 6.07) is 11.9. The van der Waals surface area contributed by atoms with Crippen LogP contribution >= 0.6 is 0 Å². The summed E-state index contributed by atoms with van der Waals surface area (Å²) in [7, 11) is 0. The van der Waals surface area contributed by atoms with Crippen LogP contribution in [0, 0.1) is 11.3 Å². The van der Waals surface area contributed by atoms with Gasteiger partial charge >= 0.3 is 0 Å². The summed E-state index contributed by atoms with van der Waals surface area (Å²) in [6.45, 7) is 0. The molecule has 74 valence electrons. The van der Waals surface area contributed by atoms with Gasteiger partial charge in [0.1, 0.15) is 0 Å². The molecule has 2 aromatic rings. The molecule has 0 atom stereocenters. The van der Waals surface area contributed by atoms with Crippen molar-refractivity contribution in [2.45, 2.75) is 12.8 Å². The van der Waals surface area contributed by atoms with E-state index in [2.05, 4.69) is 11.1 Å². The topological polar surface area (TPSA) is 49.8 Å². The molecule has 0 aliphatic heterocycles. The number of oxazole rings is 1. The molecule has 0 saturated carbocycles. The van der Waals surface area contributed by atoms with Crippen LogP contribution < -0.4 is 0 Å². The zero-order valence-electron chi connectivity index (χ0n) is 8.18. The minimum Gasteiger partial charge on any atom is -0.441 e. The molecule has 1 heterocycles. The molecule has 1 aromatic heterocycles. The van der Waals surface area contributed by atoms with Crippen molar-refractivity contribution in [1.82, 2.24) is 4.98 Å². The van der Waals surface area contributed by atoms with Crippen LogP contribution in [0.4, 0.5) is 0 Å². The molecule has 0 N–H and O–H groups in total. The van der Waals surface area contributed by atoms with Gasteiger partial charge in [-0.2, -0.15) is 5.26 Å². The van der Waals surface area contributed by atoms with Crippen molar-refractivity contribution in [3.63, 3.8) is 0 Å². The Hall–Kier alpha value is -2.08. The van der Waals surface area contributed by atoms with Gasteiger partial charge in [0.2, 0.25) is 0 Å². The van der Waals surface area contributed by atoms with E-state index in [1.807, 2.05) is 30.3 Å². The second-order valence-electron chi connectivity index (χ2n) is 3.14. The molecule has 0 spiro atoms. The molecule has 0 saturated heterocycles. The first-order chi connectivity index (χ1) is 7.40. The Balaban J connectivity index is 2.18. The molecule has 0 aliphatic carbocycles. The number of aryl methyl sites for hydroxylation is 1. The van der Waals surface area contributed by atoms with Crippen molar-refractivity contribution in [3.8, 4) is 17.4 Å². The molecule has 0 unspecified atom stereocenters. The van der Waals surface area contributed by atoms with Crippen LogP contribution in [-0.2, 0) is 6.42 Å². The average molecular weight is 198 g/mol. The number of hydrogen-bond acceptors (Lipinski definition) is 3. The minimum absolute atomic E-state index is 0.439. The van der Waals surface area contributed by atoms with Gasteiger partial charge in [-0.1, -0.05) is 30.3 Å². The van der Waals surface area contributed by atoms with Crippen molar-refractivity contribution in [3.05, 3.63) is 42.4 Å². The van der Waals surface area contributed by atoms with Gasteiger partial charge in [0.05, 0.1) is 12.3 Å². The fourth-order valence-electron chi connectivity index (χ4n) is 1.32. The Kier molecular flexibility index (Phi) is 2.80. The van der Waals surface area contributed by atoms with Crippen molar-refractivity contribution in [2.75, 3.05) is 0 Å². The van der Waals surface area contributed by atoms with Gasteiger partial charge < -0.3 is 4.42 Å². The van der Waals surface area contributed by atoms with E-state index in [4.69, 9.17) is 9.68 Å². The minimum atomic E-state index is 0.439.